The molecule has 0 aliphatic carbocycles. The first kappa shape index (κ1) is 13.2. The number of aliphatic carboxylic acids is 1. The largest absolute Gasteiger partial charge is 0.479 e. The van der Waals surface area contributed by atoms with Gasteiger partial charge in [-0.1, -0.05) is 0 Å². The van der Waals surface area contributed by atoms with Crippen LogP contribution in [0.15, 0.2) is 23.1 Å². The van der Waals surface area contributed by atoms with Crippen molar-refractivity contribution in [3.8, 4) is 0 Å². The number of hydrogen-bond donors (Lipinski definition) is 2. The average molecular weight is 271 g/mol. The minimum absolute atomic E-state index is 0.131. The van der Waals surface area contributed by atoms with Crippen LogP contribution in [0, 0.1) is 5.82 Å². The number of halogens is 1. The van der Waals surface area contributed by atoms with Gasteiger partial charge < -0.3 is 15.6 Å². The van der Waals surface area contributed by atoms with Crippen molar-refractivity contribution in [3.63, 3.8) is 0 Å². The number of thioether (sulfide) groups is 1. The highest BCUT2D eigenvalue weighted by molar-refractivity contribution is 7.99. The Bertz CT molecular complexity index is 455. The lowest BCUT2D eigenvalue weighted by molar-refractivity contribution is -0.148. The number of carboxylic acid groups (broad SMARTS) is 1. The Hall–Kier alpha value is -1.27. The first-order valence-electron chi connectivity index (χ1n) is 5.62. The Morgan fingerprint density at radius 3 is 2.94 bits per heavy atom. The summed E-state index contributed by atoms with van der Waals surface area (Å²) in [7, 11) is 0. The fraction of sp³-hybridized carbons (Fsp3) is 0.417. The van der Waals surface area contributed by atoms with Crippen LogP contribution in [0.3, 0.4) is 0 Å². The highest BCUT2D eigenvalue weighted by Gasteiger charge is 2.30. The molecule has 1 aromatic rings. The van der Waals surface area contributed by atoms with E-state index in [9.17, 15) is 9.18 Å². The van der Waals surface area contributed by atoms with Gasteiger partial charge in [0.1, 0.15) is 5.82 Å². The zero-order valence-corrected chi connectivity index (χ0v) is 10.5. The van der Waals surface area contributed by atoms with Gasteiger partial charge in [0.2, 0.25) is 0 Å². The van der Waals surface area contributed by atoms with Crippen LogP contribution in [0.5, 0.6) is 0 Å². The normalized spacial score (nSPS) is 23.2. The third-order valence-corrected chi connectivity index (χ3v) is 3.94. The lowest BCUT2D eigenvalue weighted by Gasteiger charge is -2.11. The van der Waals surface area contributed by atoms with Gasteiger partial charge in [-0.2, -0.15) is 0 Å². The Morgan fingerprint density at radius 2 is 2.33 bits per heavy atom. The number of ether oxygens (including phenoxy) is 1. The predicted octanol–water partition coefficient (Wildman–Crippen LogP) is 2.13. The number of hydrogen-bond acceptors (Lipinski definition) is 4. The van der Waals surface area contributed by atoms with Crippen LogP contribution >= 0.6 is 11.8 Å². The minimum atomic E-state index is -0.929. The molecule has 0 bridgehead atoms. The van der Waals surface area contributed by atoms with E-state index < -0.39 is 12.1 Å². The van der Waals surface area contributed by atoms with Gasteiger partial charge in [0.05, 0.1) is 6.10 Å². The average Bonchev–Trinajstić information content (AvgIpc) is 2.76. The van der Waals surface area contributed by atoms with Crippen molar-refractivity contribution in [2.24, 2.45) is 0 Å². The smallest absolute Gasteiger partial charge is 0.332 e. The molecule has 0 aromatic heterocycles. The molecule has 2 unspecified atom stereocenters. The Labute approximate surface area is 108 Å². The van der Waals surface area contributed by atoms with Crippen LogP contribution in [0.4, 0.5) is 10.1 Å². The van der Waals surface area contributed by atoms with Crippen LogP contribution < -0.4 is 5.73 Å². The summed E-state index contributed by atoms with van der Waals surface area (Å²) in [4.78, 5) is 11.2. The lowest BCUT2D eigenvalue weighted by atomic mass is 10.2. The van der Waals surface area contributed by atoms with Crippen LogP contribution in [-0.2, 0) is 9.53 Å². The summed E-state index contributed by atoms with van der Waals surface area (Å²) < 4.78 is 18.8. The van der Waals surface area contributed by atoms with E-state index in [0.29, 0.717) is 29.2 Å². The summed E-state index contributed by atoms with van der Waals surface area (Å²) in [6, 6.07) is 4.54. The van der Waals surface area contributed by atoms with Gasteiger partial charge in [-0.3, -0.25) is 0 Å². The van der Waals surface area contributed by atoms with Gasteiger partial charge in [-0.05, 0) is 31.0 Å². The highest BCUT2D eigenvalue weighted by Crippen LogP contribution is 2.29. The first-order valence-corrected chi connectivity index (χ1v) is 6.61. The maximum atomic E-state index is 13.5. The van der Waals surface area contributed by atoms with E-state index in [1.54, 1.807) is 12.1 Å². The second-order valence-corrected chi connectivity index (χ2v) is 5.23. The fourth-order valence-corrected chi connectivity index (χ4v) is 2.80. The van der Waals surface area contributed by atoms with E-state index in [0.717, 1.165) is 0 Å². The molecule has 2 atom stereocenters. The van der Waals surface area contributed by atoms with Gasteiger partial charge in [0.15, 0.2) is 6.10 Å². The molecule has 1 fully saturated rings. The molecule has 18 heavy (non-hydrogen) atoms. The van der Waals surface area contributed by atoms with Crippen LogP contribution in [0.1, 0.15) is 12.8 Å². The zero-order valence-electron chi connectivity index (χ0n) is 9.64. The molecule has 4 nitrogen and oxygen atoms in total. The molecule has 0 saturated carbocycles. The minimum Gasteiger partial charge on any atom is -0.479 e. The molecule has 1 aliphatic rings. The molecule has 0 spiro atoms. The number of rotatable bonds is 4. The number of carboxylic acids is 1. The summed E-state index contributed by atoms with van der Waals surface area (Å²) in [6.07, 6.45) is 0.366. The molecule has 2 rings (SSSR count). The van der Waals surface area contributed by atoms with Gasteiger partial charge in [-0.15, -0.1) is 11.8 Å². The van der Waals surface area contributed by atoms with E-state index in [1.165, 1.54) is 17.8 Å². The summed E-state index contributed by atoms with van der Waals surface area (Å²) in [5.41, 5.74) is 5.85. The highest BCUT2D eigenvalue weighted by atomic mass is 32.2. The zero-order chi connectivity index (χ0) is 13.1. The van der Waals surface area contributed by atoms with E-state index in [4.69, 9.17) is 15.6 Å². The monoisotopic (exact) mass is 271 g/mol. The molecular weight excluding hydrogens is 257 g/mol. The lowest BCUT2D eigenvalue weighted by Crippen LogP contribution is -2.21. The predicted molar refractivity (Wildman–Crippen MR) is 67.1 cm³/mol. The molecule has 1 aliphatic heterocycles. The fourth-order valence-electron chi connectivity index (χ4n) is 1.83. The molecule has 0 radical (unpaired) electrons. The second kappa shape index (κ2) is 5.58. The van der Waals surface area contributed by atoms with Crippen LogP contribution in [0.2, 0.25) is 0 Å². The van der Waals surface area contributed by atoms with Gasteiger partial charge >= 0.3 is 5.97 Å². The molecular formula is C12H14FNO3S. The molecule has 98 valence electrons. The third-order valence-electron chi connectivity index (χ3n) is 2.76. The Balaban J connectivity index is 1.87. The summed E-state index contributed by atoms with van der Waals surface area (Å²) in [5.74, 6) is -0.737. The SMILES string of the molecule is Nc1ccc(SCC2CCC(C(=O)O)O2)c(F)c1. The summed E-state index contributed by atoms with van der Waals surface area (Å²) in [6.45, 7) is 0. The van der Waals surface area contributed by atoms with E-state index in [-0.39, 0.29) is 11.9 Å². The molecule has 1 saturated heterocycles. The number of benzene rings is 1. The Kier molecular flexibility index (Phi) is 4.08. The van der Waals surface area contributed by atoms with Gasteiger partial charge in [0, 0.05) is 16.3 Å². The number of nitrogen functional groups attached to an aromatic ring is 1. The van der Waals surface area contributed by atoms with Crippen molar-refractivity contribution in [1.82, 2.24) is 0 Å². The number of nitrogens with two attached hydrogens (primary N) is 1. The summed E-state index contributed by atoms with van der Waals surface area (Å²) >= 11 is 1.32. The van der Waals surface area contributed by atoms with E-state index in [1.807, 2.05) is 0 Å². The third kappa shape index (κ3) is 3.14. The van der Waals surface area contributed by atoms with Gasteiger partial charge in [0.25, 0.3) is 0 Å². The standard InChI is InChI=1S/C12H14FNO3S/c13-9-5-7(14)1-4-11(9)18-6-8-2-3-10(17-8)12(15)16/h1,4-5,8,10H,2-3,6,14H2,(H,15,16). The second-order valence-electron chi connectivity index (χ2n) is 4.16. The molecule has 0 amide bonds. The van der Waals surface area contributed by atoms with Crippen LogP contribution in [-0.4, -0.2) is 29.0 Å². The van der Waals surface area contributed by atoms with E-state index in [2.05, 4.69) is 0 Å². The maximum absolute atomic E-state index is 13.5. The summed E-state index contributed by atoms with van der Waals surface area (Å²) in [5, 5.41) is 8.79. The quantitative estimate of drug-likeness (QED) is 0.648. The van der Waals surface area contributed by atoms with Crippen molar-refractivity contribution in [3.05, 3.63) is 24.0 Å². The molecule has 3 N–H and O–H groups in total. The van der Waals surface area contributed by atoms with Crippen molar-refractivity contribution >= 4 is 23.4 Å². The van der Waals surface area contributed by atoms with Crippen molar-refractivity contribution in [1.29, 1.82) is 0 Å². The Morgan fingerprint density at radius 1 is 1.56 bits per heavy atom. The van der Waals surface area contributed by atoms with Crippen molar-refractivity contribution in [2.75, 3.05) is 11.5 Å². The number of anilines is 1. The molecule has 1 aromatic carbocycles. The molecule has 1 heterocycles. The van der Waals surface area contributed by atoms with Gasteiger partial charge in [-0.25, -0.2) is 9.18 Å². The maximum Gasteiger partial charge on any atom is 0.332 e. The molecule has 6 heteroatoms. The van der Waals surface area contributed by atoms with Crippen LogP contribution in [0.25, 0.3) is 0 Å². The topological polar surface area (TPSA) is 72.6 Å². The number of carbonyl (C=O) groups is 1. The van der Waals surface area contributed by atoms with E-state index >= 15 is 0 Å². The first-order chi connectivity index (χ1) is 8.56. The van der Waals surface area contributed by atoms with Crippen molar-refractivity contribution < 1.29 is 19.0 Å². The van der Waals surface area contributed by atoms with Crippen molar-refractivity contribution in [2.45, 2.75) is 29.9 Å².